The van der Waals surface area contributed by atoms with Crippen molar-refractivity contribution in [3.05, 3.63) is 70.2 Å². The Labute approximate surface area is 125 Å². The maximum Gasteiger partial charge on any atom is 0.0724 e. The van der Waals surface area contributed by atoms with E-state index in [1.54, 1.807) is 0 Å². The monoisotopic (exact) mass is 288 g/mol. The summed E-state index contributed by atoms with van der Waals surface area (Å²) in [4.78, 5) is 0. The summed E-state index contributed by atoms with van der Waals surface area (Å²) in [5.41, 5.74) is 6.33. The number of benzene rings is 2. The zero-order chi connectivity index (χ0) is 14.5. The summed E-state index contributed by atoms with van der Waals surface area (Å²) < 4.78 is 0. The van der Waals surface area contributed by atoms with Gasteiger partial charge in [0.15, 0.2) is 0 Å². The molecule has 0 saturated heterocycles. The minimum Gasteiger partial charge on any atom is -0.271 e. The van der Waals surface area contributed by atoms with Crippen LogP contribution in [0.1, 0.15) is 36.6 Å². The van der Waals surface area contributed by atoms with Crippen LogP contribution in [-0.4, -0.2) is 0 Å². The highest BCUT2D eigenvalue weighted by molar-refractivity contribution is 6.31. The molecule has 2 nitrogen and oxygen atoms in total. The van der Waals surface area contributed by atoms with Crippen LogP contribution in [-0.2, 0) is 6.42 Å². The van der Waals surface area contributed by atoms with Gasteiger partial charge >= 0.3 is 0 Å². The van der Waals surface area contributed by atoms with Crippen molar-refractivity contribution >= 4 is 11.6 Å². The van der Waals surface area contributed by atoms with Crippen molar-refractivity contribution in [3.8, 4) is 0 Å². The van der Waals surface area contributed by atoms with Gasteiger partial charge in [-0.2, -0.15) is 0 Å². The molecule has 106 valence electrons. The van der Waals surface area contributed by atoms with Gasteiger partial charge in [-0.25, -0.2) is 5.43 Å². The topological polar surface area (TPSA) is 38.0 Å². The zero-order valence-electron chi connectivity index (χ0n) is 11.9. The lowest BCUT2D eigenvalue weighted by Crippen LogP contribution is -2.29. The van der Waals surface area contributed by atoms with Gasteiger partial charge in [-0.3, -0.25) is 5.84 Å². The fourth-order valence-corrected chi connectivity index (χ4v) is 2.69. The molecule has 0 fully saturated rings. The molecule has 1 unspecified atom stereocenters. The van der Waals surface area contributed by atoms with Crippen molar-refractivity contribution in [2.24, 2.45) is 11.8 Å². The lowest BCUT2D eigenvalue weighted by Gasteiger charge is -2.19. The van der Waals surface area contributed by atoms with Crippen LogP contribution in [0.25, 0.3) is 0 Å². The second kappa shape index (κ2) is 6.89. The van der Waals surface area contributed by atoms with Crippen molar-refractivity contribution < 1.29 is 0 Å². The molecular weight excluding hydrogens is 268 g/mol. The molecule has 0 saturated carbocycles. The average molecular weight is 289 g/mol. The van der Waals surface area contributed by atoms with E-state index in [9.17, 15) is 0 Å². The van der Waals surface area contributed by atoms with Crippen LogP contribution >= 0.6 is 11.6 Å². The molecule has 0 heterocycles. The quantitative estimate of drug-likeness (QED) is 0.642. The first-order valence-corrected chi connectivity index (χ1v) is 7.29. The standard InChI is InChI=1S/C17H21ClN2/c1-12(2)10-13-6-5-7-14(11-13)17(20-19)15-8-3-4-9-16(15)18/h3-9,11-12,17,20H,10,19H2,1-2H3. The Kier molecular flexibility index (Phi) is 5.18. The summed E-state index contributed by atoms with van der Waals surface area (Å²) in [5, 5.41) is 0.727. The number of halogens is 1. The van der Waals surface area contributed by atoms with Gasteiger partial charge in [0.05, 0.1) is 6.04 Å². The lowest BCUT2D eigenvalue weighted by molar-refractivity contribution is 0.628. The van der Waals surface area contributed by atoms with E-state index < -0.39 is 0 Å². The lowest BCUT2D eigenvalue weighted by atomic mass is 9.95. The normalized spacial score (nSPS) is 12.7. The van der Waals surface area contributed by atoms with Gasteiger partial charge in [0.25, 0.3) is 0 Å². The SMILES string of the molecule is CC(C)Cc1cccc(C(NN)c2ccccc2Cl)c1. The Morgan fingerprint density at radius 2 is 1.85 bits per heavy atom. The maximum atomic E-state index is 6.28. The molecule has 2 aromatic carbocycles. The smallest absolute Gasteiger partial charge is 0.0724 e. The van der Waals surface area contributed by atoms with Gasteiger partial charge < -0.3 is 0 Å². The molecular formula is C17H21ClN2. The van der Waals surface area contributed by atoms with E-state index in [1.807, 2.05) is 24.3 Å². The molecule has 0 aliphatic rings. The van der Waals surface area contributed by atoms with Gasteiger partial charge in [-0.05, 0) is 35.1 Å². The van der Waals surface area contributed by atoms with E-state index in [-0.39, 0.29) is 6.04 Å². The minimum absolute atomic E-state index is 0.0872. The van der Waals surface area contributed by atoms with Crippen LogP contribution in [0.2, 0.25) is 5.02 Å². The van der Waals surface area contributed by atoms with E-state index in [2.05, 4.69) is 43.5 Å². The Hall–Kier alpha value is -1.35. The van der Waals surface area contributed by atoms with Crippen molar-refractivity contribution in [1.82, 2.24) is 5.43 Å². The van der Waals surface area contributed by atoms with Crippen LogP contribution in [0, 0.1) is 5.92 Å². The number of rotatable bonds is 5. The first-order valence-electron chi connectivity index (χ1n) is 6.91. The number of hydrogen-bond donors (Lipinski definition) is 2. The van der Waals surface area contributed by atoms with Gasteiger partial charge in [0.1, 0.15) is 0 Å². The fraction of sp³-hybridized carbons (Fsp3) is 0.294. The van der Waals surface area contributed by atoms with Crippen molar-refractivity contribution in [2.75, 3.05) is 0 Å². The number of nitrogens with one attached hydrogen (secondary N) is 1. The van der Waals surface area contributed by atoms with Gasteiger partial charge in [0.2, 0.25) is 0 Å². The molecule has 2 rings (SSSR count). The van der Waals surface area contributed by atoms with E-state index >= 15 is 0 Å². The van der Waals surface area contributed by atoms with Crippen LogP contribution < -0.4 is 11.3 Å². The molecule has 2 aromatic rings. The Morgan fingerprint density at radius 3 is 2.50 bits per heavy atom. The maximum absolute atomic E-state index is 6.28. The second-order valence-electron chi connectivity index (χ2n) is 5.46. The predicted molar refractivity (Wildman–Crippen MR) is 85.6 cm³/mol. The van der Waals surface area contributed by atoms with Crippen molar-refractivity contribution in [2.45, 2.75) is 26.3 Å². The first kappa shape index (κ1) is 15.0. The largest absolute Gasteiger partial charge is 0.271 e. The van der Waals surface area contributed by atoms with Crippen molar-refractivity contribution in [1.29, 1.82) is 0 Å². The Bertz CT molecular complexity index is 566. The third kappa shape index (κ3) is 3.60. The number of hydrazine groups is 1. The Morgan fingerprint density at radius 1 is 1.10 bits per heavy atom. The molecule has 0 aromatic heterocycles. The summed E-state index contributed by atoms with van der Waals surface area (Å²) in [7, 11) is 0. The molecule has 3 heteroatoms. The van der Waals surface area contributed by atoms with Crippen LogP contribution in [0.15, 0.2) is 48.5 Å². The molecule has 3 N–H and O–H groups in total. The van der Waals surface area contributed by atoms with E-state index in [0.717, 1.165) is 22.6 Å². The second-order valence-corrected chi connectivity index (χ2v) is 5.87. The average Bonchev–Trinajstić information content (AvgIpc) is 2.41. The highest BCUT2D eigenvalue weighted by Crippen LogP contribution is 2.28. The Balaban J connectivity index is 2.35. The van der Waals surface area contributed by atoms with Crippen LogP contribution in [0.5, 0.6) is 0 Å². The third-order valence-corrected chi connectivity index (χ3v) is 3.66. The molecule has 1 atom stereocenters. The van der Waals surface area contributed by atoms with Crippen LogP contribution in [0.4, 0.5) is 0 Å². The molecule has 0 aliphatic carbocycles. The van der Waals surface area contributed by atoms with E-state index in [0.29, 0.717) is 5.92 Å². The summed E-state index contributed by atoms with van der Waals surface area (Å²) >= 11 is 6.28. The molecule has 0 radical (unpaired) electrons. The minimum atomic E-state index is -0.0872. The predicted octanol–water partition coefficient (Wildman–Crippen LogP) is 4.09. The summed E-state index contributed by atoms with van der Waals surface area (Å²) in [6, 6.07) is 16.2. The summed E-state index contributed by atoms with van der Waals surface area (Å²) in [6.45, 7) is 4.44. The summed E-state index contributed by atoms with van der Waals surface area (Å²) in [5.74, 6) is 6.38. The molecule has 20 heavy (non-hydrogen) atoms. The van der Waals surface area contributed by atoms with Gasteiger partial charge in [-0.15, -0.1) is 0 Å². The highest BCUT2D eigenvalue weighted by Gasteiger charge is 2.15. The van der Waals surface area contributed by atoms with Crippen molar-refractivity contribution in [3.63, 3.8) is 0 Å². The molecule has 0 amide bonds. The van der Waals surface area contributed by atoms with Gasteiger partial charge in [0, 0.05) is 5.02 Å². The fourth-order valence-electron chi connectivity index (χ4n) is 2.45. The third-order valence-electron chi connectivity index (χ3n) is 3.31. The summed E-state index contributed by atoms with van der Waals surface area (Å²) in [6.07, 6.45) is 1.06. The molecule has 0 spiro atoms. The van der Waals surface area contributed by atoms with Crippen LogP contribution in [0.3, 0.4) is 0 Å². The van der Waals surface area contributed by atoms with Gasteiger partial charge in [-0.1, -0.05) is 67.9 Å². The molecule has 0 aliphatic heterocycles. The molecule has 0 bridgehead atoms. The number of hydrogen-bond acceptors (Lipinski definition) is 2. The zero-order valence-corrected chi connectivity index (χ0v) is 12.7. The van der Waals surface area contributed by atoms with E-state index in [4.69, 9.17) is 17.4 Å². The number of nitrogens with two attached hydrogens (primary N) is 1. The highest BCUT2D eigenvalue weighted by atomic mass is 35.5. The first-order chi connectivity index (χ1) is 9.61. The van der Waals surface area contributed by atoms with E-state index in [1.165, 1.54) is 5.56 Å².